The Hall–Kier alpha value is -2.69. The van der Waals surface area contributed by atoms with Gasteiger partial charge in [0.2, 0.25) is 5.91 Å². The predicted octanol–water partition coefficient (Wildman–Crippen LogP) is 3.99. The van der Waals surface area contributed by atoms with Crippen LogP contribution in [0, 0.1) is 0 Å². The third-order valence-electron chi connectivity index (χ3n) is 4.70. The largest absolute Gasteiger partial charge is 0.337 e. The highest BCUT2D eigenvalue weighted by Crippen LogP contribution is 2.24. The van der Waals surface area contributed by atoms with E-state index in [2.05, 4.69) is 16.5 Å². The van der Waals surface area contributed by atoms with Crippen molar-refractivity contribution in [2.45, 2.75) is 46.2 Å². The van der Waals surface area contributed by atoms with Crippen molar-refractivity contribution in [3.8, 4) is 0 Å². The van der Waals surface area contributed by atoms with Crippen LogP contribution in [0.15, 0.2) is 48.8 Å². The molecule has 3 aromatic rings. The van der Waals surface area contributed by atoms with E-state index in [1.54, 1.807) is 12.4 Å². The summed E-state index contributed by atoms with van der Waals surface area (Å²) >= 11 is 0. The third-order valence-corrected chi connectivity index (χ3v) is 4.70. The van der Waals surface area contributed by atoms with Crippen LogP contribution in [0.3, 0.4) is 0 Å². The number of likely N-dealkylation sites (N-methyl/N-ethyl adjacent to an activating group) is 1. The van der Waals surface area contributed by atoms with Gasteiger partial charge in [0.15, 0.2) is 0 Å². The van der Waals surface area contributed by atoms with Crippen LogP contribution in [-0.2, 0) is 17.8 Å². The van der Waals surface area contributed by atoms with Crippen molar-refractivity contribution < 1.29 is 4.79 Å². The second-order valence-corrected chi connectivity index (χ2v) is 6.52. The maximum Gasteiger partial charge on any atom is 0.245 e. The second-order valence-electron chi connectivity index (χ2n) is 6.52. The molecule has 26 heavy (non-hydrogen) atoms. The molecular formula is C21H26N4O. The first-order valence-corrected chi connectivity index (χ1v) is 9.29. The zero-order valence-corrected chi connectivity index (χ0v) is 15.7. The summed E-state index contributed by atoms with van der Waals surface area (Å²) in [6.45, 7) is 7.40. The van der Waals surface area contributed by atoms with E-state index < -0.39 is 0 Å². The van der Waals surface area contributed by atoms with Crippen molar-refractivity contribution in [2.75, 3.05) is 6.54 Å². The molecule has 0 saturated carbocycles. The highest BCUT2D eigenvalue weighted by molar-refractivity contribution is 5.84. The number of carbonyl (C=O) groups excluding carboxylic acids is 1. The summed E-state index contributed by atoms with van der Waals surface area (Å²) in [4.78, 5) is 23.9. The summed E-state index contributed by atoms with van der Waals surface area (Å²) in [5, 5.41) is 0. The van der Waals surface area contributed by atoms with Gasteiger partial charge in [-0.05, 0) is 50.1 Å². The van der Waals surface area contributed by atoms with Crippen LogP contribution in [0.25, 0.3) is 11.0 Å². The maximum atomic E-state index is 13.2. The average molecular weight is 350 g/mol. The second kappa shape index (κ2) is 8.13. The molecule has 1 unspecified atom stereocenters. The number of imidazole rings is 1. The lowest BCUT2D eigenvalue weighted by atomic mass is 10.2. The fourth-order valence-corrected chi connectivity index (χ4v) is 3.36. The van der Waals surface area contributed by atoms with Crippen molar-refractivity contribution in [1.29, 1.82) is 0 Å². The molecule has 0 aliphatic rings. The third kappa shape index (κ3) is 3.62. The van der Waals surface area contributed by atoms with E-state index in [9.17, 15) is 4.79 Å². The maximum absolute atomic E-state index is 13.2. The van der Waals surface area contributed by atoms with Crippen molar-refractivity contribution in [3.63, 3.8) is 0 Å². The van der Waals surface area contributed by atoms with Gasteiger partial charge in [-0.1, -0.05) is 19.1 Å². The van der Waals surface area contributed by atoms with Crippen LogP contribution >= 0.6 is 0 Å². The van der Waals surface area contributed by atoms with E-state index >= 15 is 0 Å². The zero-order chi connectivity index (χ0) is 18.5. The SMILES string of the molecule is CCCc1nc2ccccc2n1C(C)C(=O)N(CC)Cc1ccncc1. The Labute approximate surface area is 154 Å². The molecule has 1 aromatic carbocycles. The molecule has 0 N–H and O–H groups in total. The molecule has 3 rings (SSSR count). The number of aryl methyl sites for hydroxylation is 1. The number of aromatic nitrogens is 3. The van der Waals surface area contributed by atoms with Gasteiger partial charge in [-0.25, -0.2) is 4.98 Å². The normalized spacial score (nSPS) is 12.3. The van der Waals surface area contributed by atoms with E-state index in [1.807, 2.05) is 55.1 Å². The summed E-state index contributed by atoms with van der Waals surface area (Å²) in [6, 6.07) is 11.7. The molecule has 0 fully saturated rings. The average Bonchev–Trinajstić information content (AvgIpc) is 3.04. The van der Waals surface area contributed by atoms with Crippen molar-refractivity contribution in [1.82, 2.24) is 19.4 Å². The van der Waals surface area contributed by atoms with E-state index in [4.69, 9.17) is 4.98 Å². The number of amides is 1. The van der Waals surface area contributed by atoms with Gasteiger partial charge in [-0.15, -0.1) is 0 Å². The highest BCUT2D eigenvalue weighted by atomic mass is 16.2. The van der Waals surface area contributed by atoms with Crippen molar-refractivity contribution in [3.05, 3.63) is 60.2 Å². The summed E-state index contributed by atoms with van der Waals surface area (Å²) in [6.07, 6.45) is 5.39. The molecule has 0 radical (unpaired) electrons. The fraction of sp³-hybridized carbons (Fsp3) is 0.381. The van der Waals surface area contributed by atoms with Crippen LogP contribution in [0.1, 0.15) is 44.6 Å². The Balaban J connectivity index is 1.92. The summed E-state index contributed by atoms with van der Waals surface area (Å²) in [5.74, 6) is 1.10. The molecule has 1 atom stereocenters. The first-order valence-electron chi connectivity index (χ1n) is 9.29. The van der Waals surface area contributed by atoms with Crippen molar-refractivity contribution in [2.24, 2.45) is 0 Å². The molecule has 136 valence electrons. The first kappa shape index (κ1) is 18.1. The zero-order valence-electron chi connectivity index (χ0n) is 15.7. The molecule has 2 heterocycles. The monoisotopic (exact) mass is 350 g/mol. The topological polar surface area (TPSA) is 51.0 Å². The van der Waals surface area contributed by atoms with E-state index in [0.717, 1.165) is 35.3 Å². The lowest BCUT2D eigenvalue weighted by molar-refractivity contribution is -0.134. The standard InChI is InChI=1S/C21H26N4O/c1-4-8-20-23-18-9-6-7-10-19(18)25(20)16(3)21(26)24(5-2)15-17-11-13-22-14-12-17/h6-7,9-14,16H,4-5,8,15H2,1-3H3. The van der Waals surface area contributed by atoms with Gasteiger partial charge in [0.25, 0.3) is 0 Å². The van der Waals surface area contributed by atoms with Gasteiger partial charge >= 0.3 is 0 Å². The Kier molecular flexibility index (Phi) is 5.66. The van der Waals surface area contributed by atoms with Gasteiger partial charge in [0.05, 0.1) is 11.0 Å². The van der Waals surface area contributed by atoms with Crippen LogP contribution in [0.2, 0.25) is 0 Å². The molecular weight excluding hydrogens is 324 g/mol. The summed E-state index contributed by atoms with van der Waals surface area (Å²) in [5.41, 5.74) is 3.07. The predicted molar refractivity (Wildman–Crippen MR) is 104 cm³/mol. The molecule has 0 aliphatic heterocycles. The number of para-hydroxylation sites is 2. The number of fused-ring (bicyclic) bond motifs is 1. The van der Waals surface area contributed by atoms with E-state index in [-0.39, 0.29) is 11.9 Å². The van der Waals surface area contributed by atoms with Gasteiger partial charge < -0.3 is 9.47 Å². The smallest absolute Gasteiger partial charge is 0.245 e. The minimum Gasteiger partial charge on any atom is -0.337 e. The van der Waals surface area contributed by atoms with E-state index in [0.29, 0.717) is 13.1 Å². The molecule has 5 heteroatoms. The van der Waals surface area contributed by atoms with E-state index in [1.165, 1.54) is 0 Å². The fourth-order valence-electron chi connectivity index (χ4n) is 3.36. The summed E-state index contributed by atoms with van der Waals surface area (Å²) in [7, 11) is 0. The number of benzene rings is 1. The molecule has 0 spiro atoms. The van der Waals surface area contributed by atoms with Gasteiger partial charge in [-0.2, -0.15) is 0 Å². The van der Waals surface area contributed by atoms with Crippen molar-refractivity contribution >= 4 is 16.9 Å². The Morgan fingerprint density at radius 3 is 2.58 bits per heavy atom. The molecule has 0 bridgehead atoms. The lowest BCUT2D eigenvalue weighted by Crippen LogP contribution is -2.36. The minimum atomic E-state index is -0.286. The number of hydrogen-bond acceptors (Lipinski definition) is 3. The minimum absolute atomic E-state index is 0.116. The number of rotatable bonds is 7. The number of carbonyl (C=O) groups is 1. The molecule has 2 aromatic heterocycles. The number of nitrogens with zero attached hydrogens (tertiary/aromatic N) is 4. The number of pyridine rings is 1. The van der Waals surface area contributed by atoms with Crippen LogP contribution < -0.4 is 0 Å². The molecule has 5 nitrogen and oxygen atoms in total. The highest BCUT2D eigenvalue weighted by Gasteiger charge is 2.25. The Morgan fingerprint density at radius 2 is 1.88 bits per heavy atom. The molecule has 0 aliphatic carbocycles. The van der Waals surface area contributed by atoms with Gasteiger partial charge in [0.1, 0.15) is 11.9 Å². The van der Waals surface area contributed by atoms with Gasteiger partial charge in [0, 0.05) is 31.9 Å². The van der Waals surface area contributed by atoms with Crippen LogP contribution in [-0.4, -0.2) is 31.9 Å². The molecule has 1 amide bonds. The Bertz CT molecular complexity index is 872. The van der Waals surface area contributed by atoms with Gasteiger partial charge in [-0.3, -0.25) is 9.78 Å². The summed E-state index contributed by atoms with van der Waals surface area (Å²) < 4.78 is 2.11. The molecule has 0 saturated heterocycles. The van der Waals surface area contributed by atoms with Crippen LogP contribution in [0.4, 0.5) is 0 Å². The quantitative estimate of drug-likeness (QED) is 0.647. The lowest BCUT2D eigenvalue weighted by Gasteiger charge is -2.26. The van der Waals surface area contributed by atoms with Crippen LogP contribution in [0.5, 0.6) is 0 Å². The Morgan fingerprint density at radius 1 is 1.15 bits per heavy atom. The number of hydrogen-bond donors (Lipinski definition) is 0. The first-order chi connectivity index (χ1) is 12.7.